The summed E-state index contributed by atoms with van der Waals surface area (Å²) < 4.78 is 39.0. The molecule has 104 valence electrons. The van der Waals surface area contributed by atoms with E-state index in [-0.39, 0.29) is 0 Å². The predicted molar refractivity (Wildman–Crippen MR) is 67.8 cm³/mol. The molecule has 0 amide bonds. The van der Waals surface area contributed by atoms with Crippen molar-refractivity contribution in [1.82, 2.24) is 0 Å². The molecule has 6 heteroatoms. The molecule has 1 atom stereocenters. The van der Waals surface area contributed by atoms with Gasteiger partial charge in [0.15, 0.2) is 9.58 Å². The fraction of sp³-hybridized carbons (Fsp3) is 0.308. The minimum absolute atomic E-state index is 0.418. The molecule has 1 aromatic carbocycles. The molecule has 0 bridgehead atoms. The first-order valence-corrected chi connectivity index (χ1v) is 6.78. The summed E-state index contributed by atoms with van der Waals surface area (Å²) in [5.74, 6) is -1.08. The van der Waals surface area contributed by atoms with Crippen molar-refractivity contribution in [3.8, 4) is 0 Å². The Hall–Kier alpha value is -1.56. The van der Waals surface area contributed by atoms with E-state index in [1.54, 1.807) is 37.3 Å². The first-order valence-electron chi connectivity index (χ1n) is 5.55. The van der Waals surface area contributed by atoms with Crippen LogP contribution in [0.3, 0.4) is 0 Å². The van der Waals surface area contributed by atoms with E-state index in [0.29, 0.717) is 16.0 Å². The quantitative estimate of drug-likeness (QED) is 0.755. The molecular formula is C13H13F3O2S. The number of thiophene rings is 1. The number of carboxylic acid groups (broad SMARTS) is 1. The number of alkyl halides is 3. The van der Waals surface area contributed by atoms with Crippen molar-refractivity contribution in [2.75, 3.05) is 0 Å². The van der Waals surface area contributed by atoms with Crippen molar-refractivity contribution >= 4 is 26.5 Å². The Morgan fingerprint density at radius 3 is 2.32 bits per heavy atom. The van der Waals surface area contributed by atoms with E-state index < -0.39 is 21.9 Å². The lowest BCUT2D eigenvalue weighted by atomic mass is 10.2. The van der Waals surface area contributed by atoms with Gasteiger partial charge >= 0.3 is 5.51 Å². The largest absolute Gasteiger partial charge is 0.600 e. The number of fused-ring (bicyclic) bond motifs is 1. The molecule has 0 radical (unpaired) electrons. The Balaban J connectivity index is 0.000000399. The van der Waals surface area contributed by atoms with E-state index in [1.165, 1.54) is 0 Å². The number of aryl methyl sites for hydroxylation is 1. The molecule has 0 aliphatic heterocycles. The van der Waals surface area contributed by atoms with Gasteiger partial charge in [0.1, 0.15) is 0 Å². The van der Waals surface area contributed by atoms with Crippen LogP contribution >= 0.6 is 10.5 Å². The second-order valence-corrected chi connectivity index (χ2v) is 5.79. The fourth-order valence-electron chi connectivity index (χ4n) is 1.68. The van der Waals surface area contributed by atoms with Crippen LogP contribution in [0.5, 0.6) is 0 Å². The molecule has 2 rings (SSSR count). The number of aliphatic carboxylic acids is 1. The molecule has 19 heavy (non-hydrogen) atoms. The van der Waals surface area contributed by atoms with Crippen molar-refractivity contribution in [3.63, 3.8) is 0 Å². The number of halogens is 3. The summed E-state index contributed by atoms with van der Waals surface area (Å²) in [5.41, 5.74) is -4.14. The number of carboxylic acids is 1. The van der Waals surface area contributed by atoms with Gasteiger partial charge < -0.3 is 9.90 Å². The highest BCUT2D eigenvalue weighted by Crippen LogP contribution is 2.50. The third-order valence-electron chi connectivity index (χ3n) is 2.30. The zero-order valence-corrected chi connectivity index (χ0v) is 11.3. The average molecular weight is 290 g/mol. The van der Waals surface area contributed by atoms with E-state index in [4.69, 9.17) is 9.90 Å². The SMILES string of the molecule is CC(=O)[O-].CCc1cc2ccccc2[s+]1C(F)(F)F. The maximum atomic E-state index is 12.8. The topological polar surface area (TPSA) is 40.1 Å². The lowest BCUT2D eigenvalue weighted by Gasteiger charge is -1.97. The van der Waals surface area contributed by atoms with E-state index in [9.17, 15) is 13.2 Å². The zero-order chi connectivity index (χ0) is 14.6. The number of hydrogen-bond donors (Lipinski definition) is 0. The smallest absolute Gasteiger partial charge is 0.550 e. The zero-order valence-electron chi connectivity index (χ0n) is 10.5. The minimum atomic E-state index is -4.14. The van der Waals surface area contributed by atoms with Gasteiger partial charge in [-0.1, -0.05) is 19.1 Å². The molecule has 0 saturated heterocycles. The summed E-state index contributed by atoms with van der Waals surface area (Å²) in [6.07, 6.45) is 0.456. The third kappa shape index (κ3) is 3.96. The first kappa shape index (κ1) is 15.5. The van der Waals surface area contributed by atoms with Gasteiger partial charge in [0.2, 0.25) is 0 Å². The second kappa shape index (κ2) is 6.06. The minimum Gasteiger partial charge on any atom is -0.550 e. The van der Waals surface area contributed by atoms with Crippen LogP contribution in [0.1, 0.15) is 18.7 Å². The fourth-order valence-corrected chi connectivity index (χ4v) is 3.62. The van der Waals surface area contributed by atoms with Crippen LogP contribution < -0.4 is 5.11 Å². The molecule has 1 heterocycles. The van der Waals surface area contributed by atoms with Gasteiger partial charge in [-0.05, 0) is 19.1 Å². The van der Waals surface area contributed by atoms with Gasteiger partial charge in [-0.3, -0.25) is 0 Å². The molecule has 2 nitrogen and oxygen atoms in total. The van der Waals surface area contributed by atoms with Crippen molar-refractivity contribution in [3.05, 3.63) is 35.2 Å². The number of benzene rings is 1. The molecule has 1 aromatic heterocycles. The van der Waals surface area contributed by atoms with E-state index in [0.717, 1.165) is 12.3 Å². The average Bonchev–Trinajstić information content (AvgIpc) is 2.65. The molecule has 0 saturated carbocycles. The molecule has 0 aliphatic carbocycles. The molecule has 1 unspecified atom stereocenters. The Bertz CT molecular complexity index is 569. The Labute approximate surface area is 111 Å². The lowest BCUT2D eigenvalue weighted by Crippen LogP contribution is -2.16. The van der Waals surface area contributed by atoms with Crippen LogP contribution in [0.15, 0.2) is 30.3 Å². The summed E-state index contributed by atoms with van der Waals surface area (Å²) in [5, 5.41) is 9.61. The van der Waals surface area contributed by atoms with Gasteiger partial charge in [-0.2, -0.15) is 0 Å². The molecular weight excluding hydrogens is 277 g/mol. The van der Waals surface area contributed by atoms with Crippen LogP contribution in [0.2, 0.25) is 0 Å². The van der Waals surface area contributed by atoms with Gasteiger partial charge in [0.25, 0.3) is 0 Å². The van der Waals surface area contributed by atoms with E-state index >= 15 is 0 Å². The Morgan fingerprint density at radius 2 is 1.84 bits per heavy atom. The number of rotatable bonds is 1. The normalized spacial score (nSPS) is 11.9. The second-order valence-electron chi connectivity index (χ2n) is 3.75. The summed E-state index contributed by atoms with van der Waals surface area (Å²) in [6.45, 7) is 2.74. The van der Waals surface area contributed by atoms with Crippen molar-refractivity contribution < 1.29 is 23.1 Å². The maximum absolute atomic E-state index is 12.8. The first-order chi connectivity index (χ1) is 8.77. The van der Waals surface area contributed by atoms with Crippen LogP contribution in [-0.2, 0) is 16.7 Å². The molecule has 0 aliphatic rings. The number of carbonyl (C=O) groups is 1. The van der Waals surface area contributed by atoms with Gasteiger partial charge in [-0.25, -0.2) is 0 Å². The highest BCUT2D eigenvalue weighted by molar-refractivity contribution is 7.38. The van der Waals surface area contributed by atoms with Crippen LogP contribution in [0.4, 0.5) is 13.2 Å². The highest BCUT2D eigenvalue weighted by Gasteiger charge is 2.47. The van der Waals surface area contributed by atoms with E-state index in [2.05, 4.69) is 0 Å². The molecule has 0 N–H and O–H groups in total. The van der Waals surface area contributed by atoms with Gasteiger partial charge in [0, 0.05) is 23.8 Å². The van der Waals surface area contributed by atoms with Crippen LogP contribution in [0, 0.1) is 0 Å². The number of carbonyl (C=O) groups excluding carboxylic acids is 1. The van der Waals surface area contributed by atoms with Crippen LogP contribution in [0.25, 0.3) is 10.1 Å². The van der Waals surface area contributed by atoms with Gasteiger partial charge in [-0.15, -0.1) is 13.2 Å². The molecule has 2 aromatic rings. The summed E-state index contributed by atoms with van der Waals surface area (Å²) >= 11 is 0. The summed E-state index contributed by atoms with van der Waals surface area (Å²) in [7, 11) is -1.70. The maximum Gasteiger partial charge on any atom is 0.600 e. The van der Waals surface area contributed by atoms with E-state index in [1.807, 2.05) is 0 Å². The standard InChI is InChI=1S/C11H10F3S.C2H4O2/c1-2-9-7-8-5-3-4-6-10(8)15(9)11(12,13)14;1-2(3)4/h3-7H,2H2,1H3;1H3,(H,3,4)/q+1;/p-1. The van der Waals surface area contributed by atoms with Crippen molar-refractivity contribution in [2.24, 2.45) is 0 Å². The van der Waals surface area contributed by atoms with Gasteiger partial charge in [0.05, 0.1) is 10.5 Å². The highest BCUT2D eigenvalue weighted by atomic mass is 32.2. The predicted octanol–water partition coefficient (Wildman–Crippen LogP) is 3.38. The lowest BCUT2D eigenvalue weighted by molar-refractivity contribution is -0.302. The van der Waals surface area contributed by atoms with Crippen LogP contribution in [-0.4, -0.2) is 5.97 Å². The monoisotopic (exact) mass is 290 g/mol. The summed E-state index contributed by atoms with van der Waals surface area (Å²) in [6, 6.07) is 8.42. The summed E-state index contributed by atoms with van der Waals surface area (Å²) in [4.78, 5) is 9.38. The number of hydrogen-bond acceptors (Lipinski definition) is 2. The Morgan fingerprint density at radius 1 is 1.32 bits per heavy atom. The third-order valence-corrected chi connectivity index (χ3v) is 4.50. The molecule has 0 spiro atoms. The molecule has 0 fully saturated rings. The Kier molecular flexibility index (Phi) is 4.94. The van der Waals surface area contributed by atoms with Crippen molar-refractivity contribution in [2.45, 2.75) is 25.8 Å². The van der Waals surface area contributed by atoms with Crippen molar-refractivity contribution in [1.29, 1.82) is 0 Å².